The van der Waals surface area contributed by atoms with Gasteiger partial charge in [0.1, 0.15) is 5.75 Å². The van der Waals surface area contributed by atoms with Crippen LogP contribution in [0.25, 0.3) is 11.0 Å². The number of aromatic amines is 1. The minimum Gasteiger partial charge on any atom is -0.497 e. The summed E-state index contributed by atoms with van der Waals surface area (Å²) >= 11 is 0. The first-order valence-corrected chi connectivity index (χ1v) is 8.46. The molecule has 128 valence electrons. The molecule has 4 rings (SSSR count). The van der Waals surface area contributed by atoms with Gasteiger partial charge in [0.15, 0.2) is 5.65 Å². The Bertz CT molecular complexity index is 895. The number of hydrogen-bond acceptors (Lipinski definition) is 4. The van der Waals surface area contributed by atoms with Gasteiger partial charge >= 0.3 is 0 Å². The van der Waals surface area contributed by atoms with E-state index < -0.39 is 5.41 Å². The lowest BCUT2D eigenvalue weighted by Crippen LogP contribution is -2.38. The maximum absolute atomic E-state index is 13.2. The summed E-state index contributed by atoms with van der Waals surface area (Å²) in [7, 11) is 1.64. The van der Waals surface area contributed by atoms with Gasteiger partial charge in [0.2, 0.25) is 5.91 Å². The van der Waals surface area contributed by atoms with Gasteiger partial charge in [-0.2, -0.15) is 5.10 Å². The maximum Gasteiger partial charge on any atom is 0.235 e. The molecule has 2 N–H and O–H groups in total. The highest BCUT2D eigenvalue weighted by molar-refractivity contribution is 6.00. The van der Waals surface area contributed by atoms with Gasteiger partial charge in [-0.15, -0.1) is 0 Å². The second kappa shape index (κ2) is 6.20. The van der Waals surface area contributed by atoms with E-state index in [9.17, 15) is 4.79 Å². The third kappa shape index (κ3) is 2.73. The van der Waals surface area contributed by atoms with Crippen molar-refractivity contribution in [2.45, 2.75) is 31.1 Å². The van der Waals surface area contributed by atoms with E-state index in [4.69, 9.17) is 4.74 Å². The molecular formula is C19H20N4O2. The number of amides is 1. The zero-order valence-electron chi connectivity index (χ0n) is 14.1. The van der Waals surface area contributed by atoms with E-state index in [1.165, 1.54) is 0 Å². The molecule has 0 atom stereocenters. The van der Waals surface area contributed by atoms with Gasteiger partial charge in [0.05, 0.1) is 30.6 Å². The summed E-state index contributed by atoms with van der Waals surface area (Å²) < 4.78 is 5.24. The second-order valence-electron chi connectivity index (χ2n) is 6.50. The molecule has 6 nitrogen and oxygen atoms in total. The number of benzene rings is 1. The first kappa shape index (κ1) is 15.6. The van der Waals surface area contributed by atoms with Crippen molar-refractivity contribution in [1.82, 2.24) is 15.2 Å². The zero-order chi connectivity index (χ0) is 17.3. The molecule has 1 saturated carbocycles. The number of hydrogen-bond donors (Lipinski definition) is 2. The Kier molecular flexibility index (Phi) is 3.87. The molecule has 1 fully saturated rings. The Hall–Kier alpha value is -2.89. The van der Waals surface area contributed by atoms with E-state index in [-0.39, 0.29) is 5.91 Å². The van der Waals surface area contributed by atoms with Crippen LogP contribution in [0.3, 0.4) is 0 Å². The van der Waals surface area contributed by atoms with Crippen molar-refractivity contribution in [2.24, 2.45) is 0 Å². The van der Waals surface area contributed by atoms with Crippen LogP contribution < -0.4 is 10.1 Å². The normalized spacial score (nSPS) is 16.0. The fourth-order valence-corrected chi connectivity index (χ4v) is 3.69. The third-order valence-electron chi connectivity index (χ3n) is 5.08. The van der Waals surface area contributed by atoms with E-state index in [2.05, 4.69) is 20.5 Å². The highest BCUT2D eigenvalue weighted by atomic mass is 16.5. The number of anilines is 1. The molecular weight excluding hydrogens is 316 g/mol. The van der Waals surface area contributed by atoms with Crippen LogP contribution in [0.2, 0.25) is 0 Å². The standard InChI is InChI=1S/C19H20N4O2/c1-25-16-6-4-14(5-7-16)19(8-2-3-9-19)18(24)22-15-10-13-11-21-23-17(13)20-12-15/h4-7,10-12H,2-3,8-9H2,1H3,(H,22,24)(H,20,21,23). The average molecular weight is 336 g/mol. The van der Waals surface area contributed by atoms with Gasteiger partial charge < -0.3 is 10.1 Å². The number of rotatable bonds is 4. The van der Waals surface area contributed by atoms with Crippen LogP contribution in [-0.2, 0) is 10.2 Å². The molecule has 1 amide bonds. The van der Waals surface area contributed by atoms with E-state index in [0.717, 1.165) is 42.4 Å². The minimum absolute atomic E-state index is 0.0276. The van der Waals surface area contributed by atoms with Crippen LogP contribution in [0.5, 0.6) is 5.75 Å². The molecule has 0 radical (unpaired) electrons. The smallest absolute Gasteiger partial charge is 0.235 e. The molecule has 25 heavy (non-hydrogen) atoms. The summed E-state index contributed by atoms with van der Waals surface area (Å²) in [5.74, 6) is 0.826. The predicted octanol–water partition coefficient (Wildman–Crippen LogP) is 3.42. The predicted molar refractivity (Wildman–Crippen MR) is 95.7 cm³/mol. The number of carbonyl (C=O) groups is 1. The van der Waals surface area contributed by atoms with Crippen molar-refractivity contribution in [2.75, 3.05) is 12.4 Å². The largest absolute Gasteiger partial charge is 0.497 e. The Morgan fingerprint density at radius 3 is 2.68 bits per heavy atom. The number of nitrogens with zero attached hydrogens (tertiary/aromatic N) is 2. The Balaban J connectivity index is 1.63. The summed E-state index contributed by atoms with van der Waals surface area (Å²) in [6, 6.07) is 9.73. The van der Waals surface area contributed by atoms with Crippen molar-refractivity contribution in [3.63, 3.8) is 0 Å². The van der Waals surface area contributed by atoms with Gasteiger partial charge in [0.25, 0.3) is 0 Å². The number of fused-ring (bicyclic) bond motifs is 1. The SMILES string of the molecule is COc1ccc(C2(C(=O)Nc3cnc4[nH]ncc4c3)CCCC2)cc1. The summed E-state index contributed by atoms with van der Waals surface area (Å²) in [6.45, 7) is 0. The first-order chi connectivity index (χ1) is 12.2. The van der Waals surface area contributed by atoms with E-state index >= 15 is 0 Å². The summed E-state index contributed by atoms with van der Waals surface area (Å²) in [5.41, 5.74) is 1.96. The number of ether oxygens (including phenoxy) is 1. The van der Waals surface area contributed by atoms with Crippen LogP contribution in [-0.4, -0.2) is 28.2 Å². The number of aromatic nitrogens is 3. The molecule has 2 aromatic heterocycles. The molecule has 0 saturated heterocycles. The molecule has 2 heterocycles. The number of methoxy groups -OCH3 is 1. The number of nitrogens with one attached hydrogen (secondary N) is 2. The number of H-pyrrole nitrogens is 1. The first-order valence-electron chi connectivity index (χ1n) is 8.46. The fraction of sp³-hybridized carbons (Fsp3) is 0.316. The van der Waals surface area contributed by atoms with Crippen LogP contribution >= 0.6 is 0 Å². The van der Waals surface area contributed by atoms with Crippen molar-refractivity contribution in [3.8, 4) is 5.75 Å². The molecule has 1 aliphatic carbocycles. The van der Waals surface area contributed by atoms with E-state index in [1.807, 2.05) is 30.3 Å². The molecule has 0 aliphatic heterocycles. The lowest BCUT2D eigenvalue weighted by atomic mass is 9.78. The lowest BCUT2D eigenvalue weighted by molar-refractivity contribution is -0.121. The molecule has 1 aliphatic rings. The van der Waals surface area contributed by atoms with Gasteiger partial charge in [-0.05, 0) is 36.6 Å². The maximum atomic E-state index is 13.2. The van der Waals surface area contributed by atoms with E-state index in [1.54, 1.807) is 19.5 Å². The van der Waals surface area contributed by atoms with Crippen LogP contribution in [0.1, 0.15) is 31.2 Å². The van der Waals surface area contributed by atoms with Crippen molar-refractivity contribution in [1.29, 1.82) is 0 Å². The third-order valence-corrected chi connectivity index (χ3v) is 5.08. The van der Waals surface area contributed by atoms with Gasteiger partial charge in [-0.1, -0.05) is 25.0 Å². The molecule has 6 heteroatoms. The average Bonchev–Trinajstić information content (AvgIpc) is 3.31. The monoisotopic (exact) mass is 336 g/mol. The molecule has 3 aromatic rings. The topological polar surface area (TPSA) is 79.9 Å². The zero-order valence-corrected chi connectivity index (χ0v) is 14.1. The minimum atomic E-state index is -0.488. The molecule has 0 unspecified atom stereocenters. The summed E-state index contributed by atoms with van der Waals surface area (Å²) in [5, 5.41) is 10.7. The molecule has 0 bridgehead atoms. The van der Waals surface area contributed by atoms with Gasteiger partial charge in [0, 0.05) is 5.39 Å². The van der Waals surface area contributed by atoms with Gasteiger partial charge in [-0.25, -0.2) is 4.98 Å². The quantitative estimate of drug-likeness (QED) is 0.765. The molecule has 0 spiro atoms. The van der Waals surface area contributed by atoms with Crippen LogP contribution in [0, 0.1) is 0 Å². The highest BCUT2D eigenvalue weighted by Crippen LogP contribution is 2.42. The van der Waals surface area contributed by atoms with Crippen LogP contribution in [0.4, 0.5) is 5.69 Å². The molecule has 1 aromatic carbocycles. The summed E-state index contributed by atoms with van der Waals surface area (Å²) in [6.07, 6.45) is 7.18. The number of carbonyl (C=O) groups excluding carboxylic acids is 1. The lowest BCUT2D eigenvalue weighted by Gasteiger charge is -2.28. The Labute approximate surface area is 145 Å². The van der Waals surface area contributed by atoms with Crippen LogP contribution in [0.15, 0.2) is 42.7 Å². The van der Waals surface area contributed by atoms with Crippen molar-refractivity contribution >= 4 is 22.6 Å². The highest BCUT2D eigenvalue weighted by Gasteiger charge is 2.42. The van der Waals surface area contributed by atoms with Crippen molar-refractivity contribution in [3.05, 3.63) is 48.3 Å². The summed E-state index contributed by atoms with van der Waals surface area (Å²) in [4.78, 5) is 17.5. The Morgan fingerprint density at radius 2 is 1.96 bits per heavy atom. The van der Waals surface area contributed by atoms with Crippen molar-refractivity contribution < 1.29 is 9.53 Å². The van der Waals surface area contributed by atoms with Gasteiger partial charge in [-0.3, -0.25) is 9.89 Å². The Morgan fingerprint density at radius 1 is 1.20 bits per heavy atom. The second-order valence-corrected chi connectivity index (χ2v) is 6.50. The fourth-order valence-electron chi connectivity index (χ4n) is 3.69. The number of pyridine rings is 1. The van der Waals surface area contributed by atoms with E-state index in [0.29, 0.717) is 11.3 Å².